The van der Waals surface area contributed by atoms with Crippen molar-refractivity contribution in [2.75, 3.05) is 0 Å². The summed E-state index contributed by atoms with van der Waals surface area (Å²) in [6, 6.07) is 15.0. The van der Waals surface area contributed by atoms with Crippen LogP contribution in [0.15, 0.2) is 67.5 Å². The van der Waals surface area contributed by atoms with Gasteiger partial charge >= 0.3 is 11.9 Å². The van der Waals surface area contributed by atoms with Gasteiger partial charge in [-0.3, -0.25) is 0 Å². The normalized spacial score (nSPS) is 32.0. The molecule has 1 aliphatic carbocycles. The van der Waals surface area contributed by atoms with Gasteiger partial charge in [-0.05, 0) is 35.4 Å². The number of aliphatic imine (C=N–C) groups is 2. The molecule has 2 spiro atoms. The molecule has 1 saturated carbocycles. The van der Waals surface area contributed by atoms with Crippen LogP contribution in [-0.2, 0) is 19.1 Å². The first kappa shape index (κ1) is 19.6. The van der Waals surface area contributed by atoms with E-state index in [2.05, 4.69) is 31.9 Å². The van der Waals surface area contributed by atoms with E-state index in [1.165, 1.54) is 0 Å². The summed E-state index contributed by atoms with van der Waals surface area (Å²) in [6.07, 6.45) is 0. The molecule has 0 unspecified atom stereocenters. The van der Waals surface area contributed by atoms with Gasteiger partial charge in [0.1, 0.15) is 0 Å². The molecule has 152 valence electrons. The fraction of sp³-hybridized carbons (Fsp3) is 0.273. The molecule has 3 aliphatic rings. The zero-order chi connectivity index (χ0) is 21.3. The molecule has 0 aromatic heterocycles. The van der Waals surface area contributed by atoms with Crippen LogP contribution in [0.25, 0.3) is 0 Å². The van der Waals surface area contributed by atoms with Gasteiger partial charge in [-0.1, -0.05) is 56.1 Å². The third kappa shape index (κ3) is 2.46. The third-order valence-corrected chi connectivity index (χ3v) is 7.04. The Bertz CT molecular complexity index is 1040. The second kappa shape index (κ2) is 6.59. The molecule has 5 rings (SSSR count). The number of halogens is 2. The molecule has 0 N–H and O–H groups in total. The van der Waals surface area contributed by atoms with Crippen LogP contribution in [0.5, 0.6) is 0 Å². The minimum absolute atomic E-state index is 0.283. The van der Waals surface area contributed by atoms with Crippen molar-refractivity contribution in [3.63, 3.8) is 0 Å². The number of rotatable bonds is 2. The van der Waals surface area contributed by atoms with Crippen molar-refractivity contribution in [1.29, 1.82) is 0 Å². The average Bonchev–Trinajstić information content (AvgIpc) is 3.16. The number of benzene rings is 2. The molecule has 2 heterocycles. The molecule has 0 atom stereocenters. The van der Waals surface area contributed by atoms with Gasteiger partial charge in [0, 0.05) is 22.8 Å². The van der Waals surface area contributed by atoms with Crippen molar-refractivity contribution in [2.45, 2.75) is 36.8 Å². The Morgan fingerprint density at radius 1 is 0.700 bits per heavy atom. The lowest BCUT2D eigenvalue weighted by molar-refractivity contribution is -0.158. The number of hydrogen-bond donors (Lipinski definition) is 0. The maximum Gasteiger partial charge on any atom is 0.342 e. The van der Waals surface area contributed by atoms with Gasteiger partial charge in [0.15, 0.2) is 22.9 Å². The zero-order valence-electron chi connectivity index (χ0n) is 16.1. The van der Waals surface area contributed by atoms with E-state index >= 15 is 0 Å². The number of ether oxygens (including phenoxy) is 2. The molecule has 2 aliphatic heterocycles. The highest BCUT2D eigenvalue weighted by molar-refractivity contribution is 9.10. The molecule has 0 amide bonds. The number of esters is 2. The molecule has 2 aromatic carbocycles. The van der Waals surface area contributed by atoms with E-state index in [0.717, 1.165) is 20.1 Å². The molecule has 2 aromatic rings. The van der Waals surface area contributed by atoms with Crippen molar-refractivity contribution >= 4 is 55.6 Å². The summed E-state index contributed by atoms with van der Waals surface area (Å²) in [5.41, 5.74) is -1.03. The van der Waals surface area contributed by atoms with Gasteiger partial charge in [0.2, 0.25) is 0 Å². The second-order valence-corrected chi connectivity index (χ2v) is 9.49. The van der Waals surface area contributed by atoms with E-state index in [1.807, 2.05) is 48.5 Å². The lowest BCUT2D eigenvalue weighted by atomic mass is 9.44. The summed E-state index contributed by atoms with van der Waals surface area (Å²) in [4.78, 5) is 35.9. The van der Waals surface area contributed by atoms with Crippen LogP contribution >= 0.6 is 31.9 Å². The van der Waals surface area contributed by atoms with Gasteiger partial charge in [0.25, 0.3) is 0 Å². The van der Waals surface area contributed by atoms with Crippen LogP contribution in [0, 0.1) is 0 Å². The number of hydrogen-bond acceptors (Lipinski definition) is 6. The number of cyclic esters (lactones) is 2. The number of carbonyl (C=O) groups is 2. The van der Waals surface area contributed by atoms with Crippen molar-refractivity contribution in [3.8, 4) is 0 Å². The maximum absolute atomic E-state index is 13.3. The van der Waals surface area contributed by atoms with E-state index in [0.29, 0.717) is 0 Å². The van der Waals surface area contributed by atoms with Crippen LogP contribution < -0.4 is 0 Å². The fourth-order valence-corrected chi connectivity index (χ4v) is 5.58. The summed E-state index contributed by atoms with van der Waals surface area (Å²) in [7, 11) is 0. The highest BCUT2D eigenvalue weighted by atomic mass is 79.9. The van der Waals surface area contributed by atoms with E-state index in [9.17, 15) is 9.59 Å². The Kier molecular flexibility index (Phi) is 4.31. The lowest BCUT2D eigenvalue weighted by Crippen LogP contribution is -2.73. The van der Waals surface area contributed by atoms with Crippen molar-refractivity contribution in [2.24, 2.45) is 9.98 Å². The van der Waals surface area contributed by atoms with E-state index < -0.39 is 34.9 Å². The van der Waals surface area contributed by atoms with Crippen LogP contribution in [0.3, 0.4) is 0 Å². The first-order valence-corrected chi connectivity index (χ1v) is 11.0. The van der Waals surface area contributed by atoms with Gasteiger partial charge in [0.05, 0.1) is 11.8 Å². The van der Waals surface area contributed by atoms with Crippen molar-refractivity contribution in [1.82, 2.24) is 0 Å². The smallest absolute Gasteiger partial charge is 0.342 e. The lowest BCUT2D eigenvalue weighted by Gasteiger charge is -2.58. The Labute approximate surface area is 189 Å². The number of nitrogens with zero attached hydrogens (tertiary/aromatic N) is 2. The summed E-state index contributed by atoms with van der Waals surface area (Å²) in [6.45, 7) is 3.30. The van der Waals surface area contributed by atoms with E-state index in [1.54, 1.807) is 13.8 Å². The van der Waals surface area contributed by atoms with Gasteiger partial charge in [-0.25, -0.2) is 19.6 Å². The number of carbonyl (C=O) groups excluding carboxylic acids is 2. The van der Waals surface area contributed by atoms with Crippen LogP contribution in [0.1, 0.15) is 36.8 Å². The predicted molar refractivity (Wildman–Crippen MR) is 118 cm³/mol. The topological polar surface area (TPSA) is 77.3 Å². The Morgan fingerprint density at radius 2 is 1.03 bits per heavy atom. The summed E-state index contributed by atoms with van der Waals surface area (Å²) in [5, 5.41) is 0. The molecular weight excluding hydrogens is 516 g/mol. The molecule has 8 heteroatoms. The molecule has 1 fully saturated rings. The SMILES string of the molecule is CC1=NC2(C(=O)O1)C(c1ccc(Br)cc1)C1(N=C(C)OC1=O)C2c1ccc(Br)cc1. The monoisotopic (exact) mass is 530 g/mol. The molecule has 0 saturated heterocycles. The van der Waals surface area contributed by atoms with E-state index in [-0.39, 0.29) is 11.8 Å². The quantitative estimate of drug-likeness (QED) is 0.534. The zero-order valence-corrected chi connectivity index (χ0v) is 19.2. The van der Waals surface area contributed by atoms with Crippen LogP contribution in [0.2, 0.25) is 0 Å². The maximum atomic E-state index is 13.3. The van der Waals surface area contributed by atoms with Crippen LogP contribution in [-0.4, -0.2) is 34.8 Å². The van der Waals surface area contributed by atoms with Gasteiger partial charge < -0.3 is 9.47 Å². The van der Waals surface area contributed by atoms with Gasteiger partial charge in [-0.2, -0.15) is 0 Å². The first-order chi connectivity index (χ1) is 14.3. The molecule has 0 radical (unpaired) electrons. The Balaban J connectivity index is 1.79. The summed E-state index contributed by atoms with van der Waals surface area (Å²) < 4.78 is 12.6. The standard InChI is InChI=1S/C22H16Br2N2O4/c1-11-25-21(19(27)29-11)17(13-3-7-15(23)8-4-13)22(20(28)30-12(2)26-22)18(21)14-5-9-16(24)10-6-14/h3-10,17-18H,1-2H3. The summed E-state index contributed by atoms with van der Waals surface area (Å²) in [5.74, 6) is -1.68. The summed E-state index contributed by atoms with van der Waals surface area (Å²) >= 11 is 6.88. The van der Waals surface area contributed by atoms with Crippen LogP contribution in [0.4, 0.5) is 0 Å². The van der Waals surface area contributed by atoms with E-state index in [4.69, 9.17) is 19.5 Å². The second-order valence-electron chi connectivity index (χ2n) is 7.66. The molecule has 30 heavy (non-hydrogen) atoms. The molecular formula is C22H16Br2N2O4. The minimum Gasteiger partial charge on any atom is -0.410 e. The Hall–Kier alpha value is -2.32. The fourth-order valence-electron chi connectivity index (χ4n) is 5.05. The highest BCUT2D eigenvalue weighted by Crippen LogP contribution is 2.69. The van der Waals surface area contributed by atoms with Crippen molar-refractivity contribution in [3.05, 3.63) is 68.6 Å². The van der Waals surface area contributed by atoms with Gasteiger partial charge in [-0.15, -0.1) is 0 Å². The Morgan fingerprint density at radius 3 is 1.30 bits per heavy atom. The van der Waals surface area contributed by atoms with Crippen molar-refractivity contribution < 1.29 is 19.1 Å². The largest absolute Gasteiger partial charge is 0.410 e. The molecule has 6 nitrogen and oxygen atoms in total. The average molecular weight is 532 g/mol. The molecule has 0 bridgehead atoms. The third-order valence-electron chi connectivity index (χ3n) is 5.99. The highest BCUT2D eigenvalue weighted by Gasteiger charge is 2.82. The predicted octanol–water partition coefficient (Wildman–Crippen LogP) is 4.52. The minimum atomic E-state index is -1.29. The first-order valence-electron chi connectivity index (χ1n) is 9.37.